The fourth-order valence-electron chi connectivity index (χ4n) is 2.90. The van der Waals surface area contributed by atoms with Crippen LogP contribution >= 0.6 is 0 Å². The Labute approximate surface area is 113 Å². The highest BCUT2D eigenvalue weighted by atomic mass is 16.5. The molecule has 0 aromatic carbocycles. The summed E-state index contributed by atoms with van der Waals surface area (Å²) in [6.45, 7) is 7.28. The van der Waals surface area contributed by atoms with E-state index in [0.717, 1.165) is 18.4 Å². The third-order valence-electron chi connectivity index (χ3n) is 4.05. The molecule has 0 bridgehead atoms. The van der Waals surface area contributed by atoms with E-state index in [2.05, 4.69) is 6.58 Å². The van der Waals surface area contributed by atoms with Gasteiger partial charge in [0.2, 0.25) is 0 Å². The number of fused-ring (bicyclic) bond motifs is 1. The molecule has 0 unspecified atom stereocenters. The van der Waals surface area contributed by atoms with Gasteiger partial charge in [-0.05, 0) is 37.3 Å². The maximum Gasteiger partial charge on any atom is 0.334 e. The van der Waals surface area contributed by atoms with E-state index < -0.39 is 6.10 Å². The molecule has 0 amide bonds. The zero-order chi connectivity index (χ0) is 14.2. The lowest BCUT2D eigenvalue weighted by atomic mass is 9.90. The molecule has 1 fully saturated rings. The van der Waals surface area contributed by atoms with Crippen molar-refractivity contribution >= 4 is 11.8 Å². The Morgan fingerprint density at radius 3 is 2.89 bits per heavy atom. The summed E-state index contributed by atoms with van der Waals surface area (Å²) in [5.74, 6) is -0.195. The van der Waals surface area contributed by atoms with E-state index in [9.17, 15) is 14.7 Å². The van der Waals surface area contributed by atoms with Crippen molar-refractivity contribution < 1.29 is 19.4 Å². The van der Waals surface area contributed by atoms with Gasteiger partial charge in [0.05, 0.1) is 6.10 Å². The number of aliphatic hydroxyl groups is 1. The van der Waals surface area contributed by atoms with Gasteiger partial charge in [0, 0.05) is 17.9 Å². The van der Waals surface area contributed by atoms with Crippen LogP contribution in [0.25, 0.3) is 0 Å². The minimum atomic E-state index is -0.779. The molecular formula is C15H20O4. The fourth-order valence-corrected chi connectivity index (χ4v) is 2.90. The van der Waals surface area contributed by atoms with Crippen molar-refractivity contribution in [1.29, 1.82) is 0 Å². The highest BCUT2D eigenvalue weighted by molar-refractivity contribution is 5.91. The summed E-state index contributed by atoms with van der Waals surface area (Å²) in [5.41, 5.74) is 1.33. The molecule has 1 aliphatic heterocycles. The Hall–Kier alpha value is -1.42. The highest BCUT2D eigenvalue weighted by Crippen LogP contribution is 2.38. The largest absolute Gasteiger partial charge is 0.454 e. The third kappa shape index (κ3) is 2.78. The Bertz CT molecular complexity index is 449. The van der Waals surface area contributed by atoms with E-state index in [1.54, 1.807) is 0 Å². The molecule has 1 heterocycles. The standard InChI is InChI=1S/C15H20O4/c1-8-4-5-11-10(3)15(18)19-14(11)7-12(8)13(17)6-9(2)16/h7-8,11,13-14,17H,3-6H2,1-2H3/t8-,11-,13-,14-/m0/s1. The van der Waals surface area contributed by atoms with Crippen LogP contribution in [-0.2, 0) is 14.3 Å². The molecule has 4 atom stereocenters. The second-order valence-electron chi connectivity index (χ2n) is 5.57. The average Bonchev–Trinajstić information content (AvgIpc) is 2.48. The SMILES string of the molecule is C=C1C(=O)O[C@H]2C=C([C@@H](O)CC(C)=O)[C@@H](C)CC[C@@H]12. The molecule has 0 aromatic rings. The Morgan fingerprint density at radius 1 is 1.58 bits per heavy atom. The van der Waals surface area contributed by atoms with Crippen molar-refractivity contribution in [1.82, 2.24) is 0 Å². The number of carbonyl (C=O) groups is 2. The monoisotopic (exact) mass is 264 g/mol. The van der Waals surface area contributed by atoms with Gasteiger partial charge < -0.3 is 9.84 Å². The molecule has 1 aliphatic carbocycles. The summed E-state index contributed by atoms with van der Waals surface area (Å²) in [4.78, 5) is 22.7. The molecule has 4 nitrogen and oxygen atoms in total. The number of hydrogen-bond acceptors (Lipinski definition) is 4. The summed E-state index contributed by atoms with van der Waals surface area (Å²) in [5, 5.41) is 10.1. The molecule has 1 N–H and O–H groups in total. The Balaban J connectivity index is 2.24. The van der Waals surface area contributed by atoms with Crippen molar-refractivity contribution in [3.8, 4) is 0 Å². The minimum absolute atomic E-state index is 0.0111. The smallest absolute Gasteiger partial charge is 0.334 e. The second kappa shape index (κ2) is 5.29. The van der Waals surface area contributed by atoms with Crippen LogP contribution < -0.4 is 0 Å². The van der Waals surface area contributed by atoms with Gasteiger partial charge in [-0.15, -0.1) is 0 Å². The van der Waals surface area contributed by atoms with Gasteiger partial charge in [0.1, 0.15) is 11.9 Å². The van der Waals surface area contributed by atoms with Gasteiger partial charge in [-0.1, -0.05) is 13.5 Å². The normalized spacial score (nSPS) is 32.2. The van der Waals surface area contributed by atoms with Crippen LogP contribution in [0.15, 0.2) is 23.8 Å². The molecule has 0 aromatic heterocycles. The van der Waals surface area contributed by atoms with Crippen LogP contribution in [-0.4, -0.2) is 29.1 Å². The summed E-state index contributed by atoms with van der Waals surface area (Å²) >= 11 is 0. The first-order valence-corrected chi connectivity index (χ1v) is 6.69. The van der Waals surface area contributed by atoms with Crippen LogP contribution in [0.2, 0.25) is 0 Å². The Kier molecular flexibility index (Phi) is 3.90. The van der Waals surface area contributed by atoms with Crippen molar-refractivity contribution in [2.45, 2.75) is 45.3 Å². The molecule has 2 aliphatic rings. The summed E-state index contributed by atoms with van der Waals surface area (Å²) < 4.78 is 5.28. The minimum Gasteiger partial charge on any atom is -0.454 e. The predicted molar refractivity (Wildman–Crippen MR) is 70.3 cm³/mol. The molecule has 2 rings (SSSR count). The van der Waals surface area contributed by atoms with Gasteiger partial charge in [-0.25, -0.2) is 4.79 Å². The molecule has 0 saturated carbocycles. The van der Waals surface area contributed by atoms with Crippen LogP contribution in [0.3, 0.4) is 0 Å². The van der Waals surface area contributed by atoms with Crippen molar-refractivity contribution in [2.75, 3.05) is 0 Å². The number of ketones is 1. The van der Waals surface area contributed by atoms with E-state index in [1.807, 2.05) is 13.0 Å². The maximum absolute atomic E-state index is 11.5. The zero-order valence-electron chi connectivity index (χ0n) is 11.4. The lowest BCUT2D eigenvalue weighted by Crippen LogP contribution is -2.20. The van der Waals surface area contributed by atoms with E-state index in [0.29, 0.717) is 5.57 Å². The van der Waals surface area contributed by atoms with Crippen LogP contribution in [0.5, 0.6) is 0 Å². The fraction of sp³-hybridized carbons (Fsp3) is 0.600. The molecule has 4 heteroatoms. The van der Waals surface area contributed by atoms with E-state index in [1.165, 1.54) is 6.92 Å². The van der Waals surface area contributed by atoms with Gasteiger partial charge in [0.15, 0.2) is 0 Å². The van der Waals surface area contributed by atoms with Crippen LogP contribution in [0, 0.1) is 11.8 Å². The van der Waals surface area contributed by atoms with Crippen molar-refractivity contribution in [3.63, 3.8) is 0 Å². The summed E-state index contributed by atoms with van der Waals surface area (Å²) in [6.07, 6.45) is 2.51. The van der Waals surface area contributed by atoms with Gasteiger partial charge >= 0.3 is 5.97 Å². The summed E-state index contributed by atoms with van der Waals surface area (Å²) in [7, 11) is 0. The Morgan fingerprint density at radius 2 is 2.26 bits per heavy atom. The lowest BCUT2D eigenvalue weighted by Gasteiger charge is -2.19. The van der Waals surface area contributed by atoms with Gasteiger partial charge in [0.25, 0.3) is 0 Å². The molecular weight excluding hydrogens is 244 g/mol. The van der Waals surface area contributed by atoms with Crippen molar-refractivity contribution in [2.24, 2.45) is 11.8 Å². The van der Waals surface area contributed by atoms with Crippen LogP contribution in [0.4, 0.5) is 0 Å². The number of aliphatic hydroxyl groups excluding tert-OH is 1. The zero-order valence-corrected chi connectivity index (χ0v) is 11.4. The topological polar surface area (TPSA) is 63.6 Å². The number of hydrogen-bond donors (Lipinski definition) is 1. The first-order valence-electron chi connectivity index (χ1n) is 6.69. The predicted octanol–water partition coefficient (Wildman–Crippen LogP) is 1.78. The van der Waals surface area contributed by atoms with Crippen molar-refractivity contribution in [3.05, 3.63) is 23.8 Å². The van der Waals surface area contributed by atoms with E-state index in [4.69, 9.17) is 4.74 Å². The average molecular weight is 264 g/mol. The third-order valence-corrected chi connectivity index (χ3v) is 4.05. The molecule has 104 valence electrons. The van der Waals surface area contributed by atoms with Gasteiger partial charge in [-0.2, -0.15) is 0 Å². The number of carbonyl (C=O) groups excluding carboxylic acids is 2. The first kappa shape index (κ1) is 14.0. The number of esters is 1. The molecule has 0 spiro atoms. The number of ether oxygens (including phenoxy) is 1. The molecule has 1 saturated heterocycles. The highest BCUT2D eigenvalue weighted by Gasteiger charge is 2.40. The molecule has 0 radical (unpaired) electrons. The van der Waals surface area contributed by atoms with E-state index >= 15 is 0 Å². The maximum atomic E-state index is 11.5. The number of rotatable bonds is 3. The second-order valence-corrected chi connectivity index (χ2v) is 5.57. The summed E-state index contributed by atoms with van der Waals surface area (Å²) in [6, 6.07) is 0. The van der Waals surface area contributed by atoms with Gasteiger partial charge in [-0.3, -0.25) is 4.79 Å². The van der Waals surface area contributed by atoms with Crippen LogP contribution in [0.1, 0.15) is 33.1 Å². The first-order chi connectivity index (χ1) is 8.90. The molecule has 19 heavy (non-hydrogen) atoms. The number of Topliss-reactive ketones (excluding diaryl/α,β-unsaturated/α-hetero) is 1. The lowest BCUT2D eigenvalue weighted by molar-refractivity contribution is -0.137. The quantitative estimate of drug-likeness (QED) is 0.479. The van der Waals surface area contributed by atoms with E-state index in [-0.39, 0.29) is 36.1 Å².